The molecule has 0 aromatic carbocycles. The van der Waals surface area contributed by atoms with E-state index in [1.165, 1.54) is 18.5 Å². The van der Waals surface area contributed by atoms with Crippen molar-refractivity contribution < 1.29 is 4.74 Å². The SMILES string of the molecule is CC1OCc2[nH]c(C3CCCN3)nc21. The van der Waals surface area contributed by atoms with Crippen molar-refractivity contribution in [2.45, 2.75) is 38.5 Å². The molecule has 4 nitrogen and oxygen atoms in total. The Morgan fingerprint density at radius 2 is 2.43 bits per heavy atom. The molecular formula is C10H15N3O. The summed E-state index contributed by atoms with van der Waals surface area (Å²) in [6, 6.07) is 0.438. The van der Waals surface area contributed by atoms with Crippen molar-refractivity contribution in [1.82, 2.24) is 15.3 Å². The highest BCUT2D eigenvalue weighted by Crippen LogP contribution is 2.30. The number of H-pyrrole nitrogens is 1. The van der Waals surface area contributed by atoms with Crippen LogP contribution in [-0.2, 0) is 11.3 Å². The van der Waals surface area contributed by atoms with Crippen molar-refractivity contribution in [3.8, 4) is 0 Å². The van der Waals surface area contributed by atoms with E-state index in [4.69, 9.17) is 4.74 Å². The van der Waals surface area contributed by atoms with E-state index >= 15 is 0 Å². The van der Waals surface area contributed by atoms with Crippen molar-refractivity contribution >= 4 is 0 Å². The summed E-state index contributed by atoms with van der Waals surface area (Å²) in [5, 5.41) is 3.44. The van der Waals surface area contributed by atoms with Gasteiger partial charge in [-0.05, 0) is 26.3 Å². The van der Waals surface area contributed by atoms with Gasteiger partial charge in [0.15, 0.2) is 0 Å². The molecular weight excluding hydrogens is 178 g/mol. The van der Waals surface area contributed by atoms with Crippen LogP contribution in [0, 0.1) is 0 Å². The largest absolute Gasteiger partial charge is 0.366 e. The highest BCUT2D eigenvalue weighted by molar-refractivity contribution is 5.21. The average Bonchev–Trinajstić information content (AvgIpc) is 2.83. The molecule has 1 fully saturated rings. The molecule has 1 aromatic rings. The van der Waals surface area contributed by atoms with Gasteiger partial charge in [-0.15, -0.1) is 0 Å². The Kier molecular flexibility index (Phi) is 1.85. The Balaban J connectivity index is 1.90. The zero-order valence-electron chi connectivity index (χ0n) is 8.34. The molecule has 0 aliphatic carbocycles. The first-order valence-electron chi connectivity index (χ1n) is 5.28. The fraction of sp³-hybridized carbons (Fsp3) is 0.700. The van der Waals surface area contributed by atoms with Crippen LogP contribution in [0.2, 0.25) is 0 Å². The topological polar surface area (TPSA) is 49.9 Å². The van der Waals surface area contributed by atoms with Gasteiger partial charge in [0.1, 0.15) is 5.82 Å². The van der Waals surface area contributed by atoms with Crippen LogP contribution in [0.15, 0.2) is 0 Å². The maximum atomic E-state index is 5.47. The number of aromatic amines is 1. The first-order valence-corrected chi connectivity index (χ1v) is 5.28. The summed E-state index contributed by atoms with van der Waals surface area (Å²) in [5.41, 5.74) is 2.27. The third kappa shape index (κ3) is 1.18. The van der Waals surface area contributed by atoms with Gasteiger partial charge < -0.3 is 15.0 Å². The van der Waals surface area contributed by atoms with Crippen LogP contribution in [0.25, 0.3) is 0 Å². The molecule has 1 saturated heterocycles. The molecule has 0 bridgehead atoms. The van der Waals surface area contributed by atoms with Gasteiger partial charge in [-0.2, -0.15) is 0 Å². The average molecular weight is 193 g/mol. The number of ether oxygens (including phenoxy) is 1. The Morgan fingerprint density at radius 3 is 3.14 bits per heavy atom. The summed E-state index contributed by atoms with van der Waals surface area (Å²) < 4.78 is 5.47. The van der Waals surface area contributed by atoms with Crippen molar-refractivity contribution in [2.75, 3.05) is 6.54 Å². The summed E-state index contributed by atoms with van der Waals surface area (Å²) >= 11 is 0. The number of nitrogens with zero attached hydrogens (tertiary/aromatic N) is 1. The van der Waals surface area contributed by atoms with Gasteiger partial charge in [-0.3, -0.25) is 0 Å². The number of rotatable bonds is 1. The molecule has 2 N–H and O–H groups in total. The molecule has 0 radical (unpaired) electrons. The number of hydrogen-bond donors (Lipinski definition) is 2. The lowest BCUT2D eigenvalue weighted by molar-refractivity contribution is 0.0756. The van der Waals surface area contributed by atoms with Crippen LogP contribution >= 0.6 is 0 Å². The maximum absolute atomic E-state index is 5.47. The number of fused-ring (bicyclic) bond motifs is 1. The quantitative estimate of drug-likeness (QED) is 0.709. The maximum Gasteiger partial charge on any atom is 0.123 e. The van der Waals surface area contributed by atoms with E-state index in [1.807, 2.05) is 0 Å². The smallest absolute Gasteiger partial charge is 0.123 e. The lowest BCUT2D eigenvalue weighted by Crippen LogP contribution is -2.14. The minimum absolute atomic E-state index is 0.163. The van der Waals surface area contributed by atoms with Crippen LogP contribution in [0.5, 0.6) is 0 Å². The first-order chi connectivity index (χ1) is 6.84. The van der Waals surface area contributed by atoms with Crippen LogP contribution < -0.4 is 5.32 Å². The molecule has 3 heterocycles. The predicted octanol–water partition coefficient (Wildman–Crippen LogP) is 1.43. The predicted molar refractivity (Wildman–Crippen MR) is 51.8 cm³/mol. The lowest BCUT2D eigenvalue weighted by Gasteiger charge is -2.06. The van der Waals surface area contributed by atoms with E-state index in [-0.39, 0.29) is 6.10 Å². The standard InChI is InChI=1S/C10H15N3O/c1-6-9-8(5-14-6)12-10(13-9)7-3-2-4-11-7/h6-7,11H,2-5H2,1H3,(H,12,13). The van der Waals surface area contributed by atoms with Gasteiger partial charge in [0.25, 0.3) is 0 Å². The molecule has 14 heavy (non-hydrogen) atoms. The minimum atomic E-state index is 0.163. The van der Waals surface area contributed by atoms with E-state index in [1.54, 1.807) is 0 Å². The summed E-state index contributed by atoms with van der Waals surface area (Å²) in [5.74, 6) is 1.10. The summed E-state index contributed by atoms with van der Waals surface area (Å²) in [6.07, 6.45) is 2.61. The van der Waals surface area contributed by atoms with Gasteiger partial charge >= 0.3 is 0 Å². The molecule has 2 atom stereocenters. The molecule has 4 heteroatoms. The number of aromatic nitrogens is 2. The zero-order chi connectivity index (χ0) is 9.54. The third-order valence-corrected chi connectivity index (χ3v) is 3.08. The van der Waals surface area contributed by atoms with E-state index in [0.29, 0.717) is 12.6 Å². The van der Waals surface area contributed by atoms with E-state index in [2.05, 4.69) is 22.2 Å². The molecule has 0 saturated carbocycles. The van der Waals surface area contributed by atoms with Gasteiger partial charge in [0.2, 0.25) is 0 Å². The van der Waals surface area contributed by atoms with Gasteiger partial charge in [-0.25, -0.2) is 4.98 Å². The second-order valence-corrected chi connectivity index (χ2v) is 4.09. The van der Waals surface area contributed by atoms with Crippen molar-refractivity contribution in [2.24, 2.45) is 0 Å². The highest BCUT2D eigenvalue weighted by atomic mass is 16.5. The molecule has 76 valence electrons. The molecule has 2 aliphatic heterocycles. The highest BCUT2D eigenvalue weighted by Gasteiger charge is 2.27. The Bertz CT molecular complexity index is 341. The Labute approximate surface area is 83.1 Å². The van der Waals surface area contributed by atoms with E-state index in [0.717, 1.165) is 18.1 Å². The third-order valence-electron chi connectivity index (χ3n) is 3.08. The zero-order valence-corrected chi connectivity index (χ0v) is 8.34. The number of imidazole rings is 1. The molecule has 0 amide bonds. The van der Waals surface area contributed by atoms with Crippen LogP contribution in [0.1, 0.15) is 49.1 Å². The van der Waals surface area contributed by atoms with Gasteiger partial charge in [0, 0.05) is 0 Å². The van der Waals surface area contributed by atoms with Crippen molar-refractivity contribution in [1.29, 1.82) is 0 Å². The molecule has 2 unspecified atom stereocenters. The van der Waals surface area contributed by atoms with E-state index < -0.39 is 0 Å². The second kappa shape index (κ2) is 3.07. The molecule has 3 rings (SSSR count). The lowest BCUT2D eigenvalue weighted by atomic mass is 10.2. The van der Waals surface area contributed by atoms with Crippen molar-refractivity contribution in [3.05, 3.63) is 17.2 Å². The summed E-state index contributed by atoms with van der Waals surface area (Å²) in [4.78, 5) is 7.98. The Morgan fingerprint density at radius 1 is 1.50 bits per heavy atom. The Hall–Kier alpha value is -0.870. The van der Waals surface area contributed by atoms with Crippen LogP contribution in [0.3, 0.4) is 0 Å². The number of nitrogens with one attached hydrogen (secondary N) is 2. The minimum Gasteiger partial charge on any atom is -0.366 e. The molecule has 2 aliphatic rings. The fourth-order valence-electron chi connectivity index (χ4n) is 2.26. The first kappa shape index (κ1) is 8.44. The molecule has 1 aromatic heterocycles. The monoisotopic (exact) mass is 193 g/mol. The van der Waals surface area contributed by atoms with E-state index in [9.17, 15) is 0 Å². The molecule has 0 spiro atoms. The summed E-state index contributed by atoms with van der Waals surface area (Å²) in [6.45, 7) is 3.86. The second-order valence-electron chi connectivity index (χ2n) is 4.09. The fourth-order valence-corrected chi connectivity index (χ4v) is 2.26. The normalized spacial score (nSPS) is 30.9. The van der Waals surface area contributed by atoms with Gasteiger partial charge in [-0.1, -0.05) is 0 Å². The number of hydrogen-bond acceptors (Lipinski definition) is 3. The van der Waals surface area contributed by atoms with Crippen molar-refractivity contribution in [3.63, 3.8) is 0 Å². The summed E-state index contributed by atoms with van der Waals surface area (Å²) in [7, 11) is 0. The van der Waals surface area contributed by atoms with Crippen LogP contribution in [0.4, 0.5) is 0 Å². The van der Waals surface area contributed by atoms with Gasteiger partial charge in [0.05, 0.1) is 30.1 Å². The van der Waals surface area contributed by atoms with Crippen LogP contribution in [-0.4, -0.2) is 16.5 Å².